The molecule has 2 saturated heterocycles. The topological polar surface area (TPSA) is 31.0 Å². The number of ether oxygens (including phenoxy) is 1. The van der Waals surface area contributed by atoms with E-state index in [0.29, 0.717) is 0 Å². The predicted octanol–water partition coefficient (Wildman–Crippen LogP) is 0.0303. The Morgan fingerprint density at radius 2 is 2.08 bits per heavy atom. The highest BCUT2D eigenvalue weighted by atomic mass is 35.5. The molecule has 0 spiro atoms. The van der Waals surface area contributed by atoms with Gasteiger partial charge in [0, 0.05) is 13.1 Å². The van der Waals surface area contributed by atoms with Crippen LogP contribution in [0, 0.1) is 0 Å². The summed E-state index contributed by atoms with van der Waals surface area (Å²) in [6, 6.07) is 0. The summed E-state index contributed by atoms with van der Waals surface area (Å²) in [6.07, 6.45) is 0. The van der Waals surface area contributed by atoms with Crippen LogP contribution in [0.3, 0.4) is 0 Å². The maximum absolute atomic E-state index is 5.91. The molecule has 2 aliphatic heterocycles. The number of morpholine rings is 1. The number of hydrogen-bond acceptors (Lipinski definition) is 6. The molecule has 0 saturated carbocycles. The molecule has 0 bridgehead atoms. The second-order valence-electron chi connectivity index (χ2n) is 2.56. The molecule has 70 valence electrons. The molecule has 0 aromatic carbocycles. The molecule has 0 unspecified atom stereocenters. The van der Waals surface area contributed by atoms with Crippen molar-refractivity contribution in [2.75, 3.05) is 32.2 Å². The molecule has 7 heteroatoms. The fraction of sp³-hybridized carbons (Fsp3) is 1.00. The van der Waals surface area contributed by atoms with Crippen LogP contribution in [-0.4, -0.2) is 46.9 Å². The van der Waals surface area contributed by atoms with Crippen LogP contribution in [0.4, 0.5) is 0 Å². The van der Waals surface area contributed by atoms with Crippen LogP contribution in [0.1, 0.15) is 0 Å². The van der Waals surface area contributed by atoms with Gasteiger partial charge in [-0.05, 0) is 23.7 Å². The Morgan fingerprint density at radius 1 is 1.33 bits per heavy atom. The van der Waals surface area contributed by atoms with Crippen LogP contribution in [0.15, 0.2) is 0 Å². The third kappa shape index (κ3) is 1.85. The van der Waals surface area contributed by atoms with Crippen molar-refractivity contribution >= 4 is 23.7 Å². The van der Waals surface area contributed by atoms with Gasteiger partial charge in [-0.2, -0.15) is 4.83 Å². The van der Waals surface area contributed by atoms with E-state index in [9.17, 15) is 0 Å². The number of hydrogen-bond donors (Lipinski definition) is 1. The highest BCUT2D eigenvalue weighted by molar-refractivity contribution is 7.97. The molecular weight excluding hydrogens is 200 g/mol. The number of halogens is 1. The monoisotopic (exact) mass is 210 g/mol. The Kier molecular flexibility index (Phi) is 3.08. The predicted molar refractivity (Wildman–Crippen MR) is 47.5 cm³/mol. The van der Waals surface area contributed by atoms with E-state index in [1.807, 2.05) is 5.23 Å². The molecule has 12 heavy (non-hydrogen) atoms. The van der Waals surface area contributed by atoms with Crippen molar-refractivity contribution in [3.8, 4) is 0 Å². The lowest BCUT2D eigenvalue weighted by molar-refractivity contribution is -0.172. The minimum Gasteiger partial charge on any atom is -0.379 e. The molecule has 5 nitrogen and oxygen atoms in total. The maximum Gasteiger partial charge on any atom is 0.0941 e. The van der Waals surface area contributed by atoms with Gasteiger partial charge in [0.05, 0.1) is 19.1 Å². The van der Waals surface area contributed by atoms with Crippen LogP contribution < -0.4 is 4.83 Å². The van der Waals surface area contributed by atoms with Gasteiger partial charge in [0.15, 0.2) is 0 Å². The second-order valence-corrected chi connectivity index (χ2v) is 3.68. The van der Waals surface area contributed by atoms with Crippen LogP contribution in [0.25, 0.3) is 0 Å². The molecule has 2 aliphatic rings. The van der Waals surface area contributed by atoms with Gasteiger partial charge in [0.25, 0.3) is 0 Å². The van der Waals surface area contributed by atoms with E-state index >= 15 is 0 Å². The summed E-state index contributed by atoms with van der Waals surface area (Å²) in [7, 11) is 0. The zero-order chi connectivity index (χ0) is 8.39. The molecule has 2 fully saturated rings. The summed E-state index contributed by atoms with van der Waals surface area (Å²) < 4.78 is 6.85. The van der Waals surface area contributed by atoms with E-state index in [0.717, 1.165) is 32.2 Å². The first-order valence-corrected chi connectivity index (χ1v) is 5.14. The largest absolute Gasteiger partial charge is 0.379 e. The van der Waals surface area contributed by atoms with E-state index in [4.69, 9.17) is 16.5 Å². The van der Waals surface area contributed by atoms with Crippen molar-refractivity contribution in [1.82, 2.24) is 19.6 Å². The standard InChI is InChI=1S/C5H11ClN4OS/c6-9-5-12-7-10(9)8-1-3-11-4-2-8/h7H,1-5H2. The van der Waals surface area contributed by atoms with Crippen LogP contribution in [-0.2, 0) is 4.74 Å². The average molecular weight is 211 g/mol. The SMILES string of the molecule is ClN1CSNN1N1CCOCC1. The first-order chi connectivity index (χ1) is 5.88. The average Bonchev–Trinajstić information content (AvgIpc) is 2.53. The fourth-order valence-corrected chi connectivity index (χ4v) is 2.10. The van der Waals surface area contributed by atoms with E-state index in [1.165, 1.54) is 0 Å². The third-order valence-electron chi connectivity index (χ3n) is 1.78. The highest BCUT2D eigenvalue weighted by Crippen LogP contribution is 2.18. The van der Waals surface area contributed by atoms with E-state index in [1.54, 1.807) is 16.5 Å². The van der Waals surface area contributed by atoms with Crippen molar-refractivity contribution in [2.45, 2.75) is 0 Å². The normalized spacial score (nSPS) is 29.8. The van der Waals surface area contributed by atoms with E-state index in [-0.39, 0.29) is 0 Å². The zero-order valence-electron chi connectivity index (χ0n) is 6.57. The lowest BCUT2D eigenvalue weighted by Crippen LogP contribution is -2.54. The number of nitrogens with zero attached hydrogens (tertiary/aromatic N) is 3. The molecular formula is C5H11ClN4OS. The summed E-state index contributed by atoms with van der Waals surface area (Å²) in [5.41, 5.74) is 0. The Morgan fingerprint density at radius 3 is 2.67 bits per heavy atom. The lowest BCUT2D eigenvalue weighted by Gasteiger charge is -2.34. The number of hydrazine groups is 3. The van der Waals surface area contributed by atoms with E-state index < -0.39 is 0 Å². The number of nitrogens with one attached hydrogen (secondary N) is 1. The molecule has 2 rings (SSSR count). The number of rotatable bonds is 1. The molecule has 1 N–H and O–H groups in total. The molecule has 0 radical (unpaired) electrons. The van der Waals surface area contributed by atoms with Gasteiger partial charge in [0.1, 0.15) is 0 Å². The van der Waals surface area contributed by atoms with Gasteiger partial charge in [-0.25, -0.2) is 5.01 Å². The van der Waals surface area contributed by atoms with Gasteiger partial charge in [0.2, 0.25) is 0 Å². The molecule has 0 amide bonds. The smallest absolute Gasteiger partial charge is 0.0941 e. The van der Waals surface area contributed by atoms with E-state index in [2.05, 4.69) is 9.84 Å². The van der Waals surface area contributed by atoms with Crippen LogP contribution in [0.2, 0.25) is 0 Å². The maximum atomic E-state index is 5.91. The summed E-state index contributed by atoms with van der Waals surface area (Å²) in [4.78, 5) is 3.09. The van der Waals surface area contributed by atoms with Gasteiger partial charge >= 0.3 is 0 Å². The van der Waals surface area contributed by atoms with Crippen molar-refractivity contribution in [3.05, 3.63) is 0 Å². The Bertz CT molecular complexity index is 156. The first kappa shape index (κ1) is 9.01. The minimum absolute atomic E-state index is 0.763. The molecule has 0 aliphatic carbocycles. The second kappa shape index (κ2) is 4.10. The zero-order valence-corrected chi connectivity index (χ0v) is 8.14. The minimum atomic E-state index is 0.763. The Balaban J connectivity index is 1.89. The van der Waals surface area contributed by atoms with Gasteiger partial charge in [-0.15, -0.1) is 4.53 Å². The first-order valence-electron chi connectivity index (χ1n) is 3.81. The van der Waals surface area contributed by atoms with Gasteiger partial charge < -0.3 is 4.74 Å². The summed E-state index contributed by atoms with van der Waals surface area (Å²) in [5, 5.41) is 3.95. The fourth-order valence-electron chi connectivity index (χ4n) is 1.18. The summed E-state index contributed by atoms with van der Waals surface area (Å²) in [6.45, 7) is 3.31. The van der Waals surface area contributed by atoms with Crippen LogP contribution in [0.5, 0.6) is 0 Å². The molecule has 0 aromatic rings. The summed E-state index contributed by atoms with van der Waals surface area (Å²) in [5.74, 6) is 0.763. The molecule has 2 heterocycles. The van der Waals surface area contributed by atoms with Crippen molar-refractivity contribution < 1.29 is 4.74 Å². The Labute approximate surface area is 80.7 Å². The highest BCUT2D eigenvalue weighted by Gasteiger charge is 2.27. The lowest BCUT2D eigenvalue weighted by atomic mass is 10.5. The molecule has 0 atom stereocenters. The van der Waals surface area contributed by atoms with Crippen LogP contribution >= 0.6 is 23.7 Å². The summed E-state index contributed by atoms with van der Waals surface area (Å²) >= 11 is 7.48. The van der Waals surface area contributed by atoms with Gasteiger partial charge in [-0.3, -0.25) is 0 Å². The quantitative estimate of drug-likeness (QED) is 0.486. The third-order valence-corrected chi connectivity index (χ3v) is 2.85. The molecule has 0 aromatic heterocycles. The van der Waals surface area contributed by atoms with Crippen molar-refractivity contribution in [2.24, 2.45) is 0 Å². The van der Waals surface area contributed by atoms with Gasteiger partial charge in [-0.1, -0.05) is 5.23 Å². The Hall–Kier alpha value is 0.440. The van der Waals surface area contributed by atoms with Crippen molar-refractivity contribution in [3.63, 3.8) is 0 Å². The van der Waals surface area contributed by atoms with Crippen molar-refractivity contribution in [1.29, 1.82) is 0 Å².